The Morgan fingerprint density at radius 3 is 3.08 bits per heavy atom. The van der Waals surface area contributed by atoms with Gasteiger partial charge in [-0.3, -0.25) is 4.79 Å². The monoisotopic (exact) mass is 174 g/mol. The van der Waals surface area contributed by atoms with Gasteiger partial charge in [-0.15, -0.1) is 0 Å². The lowest BCUT2D eigenvalue weighted by molar-refractivity contribution is -0.131. The third kappa shape index (κ3) is 1.47. The van der Waals surface area contributed by atoms with Crippen LogP contribution in [-0.2, 0) is 11.2 Å². The van der Waals surface area contributed by atoms with Crippen LogP contribution in [0.3, 0.4) is 0 Å². The van der Waals surface area contributed by atoms with Crippen LogP contribution in [0.1, 0.15) is 18.1 Å². The van der Waals surface area contributed by atoms with E-state index in [0.29, 0.717) is 5.75 Å². The van der Waals surface area contributed by atoms with Crippen molar-refractivity contribution in [1.82, 2.24) is 0 Å². The number of hydrogen-bond acceptors (Lipinski definition) is 2. The number of carbonyl (C=O) groups is 1. The van der Waals surface area contributed by atoms with Gasteiger partial charge in [-0.05, 0) is 18.1 Å². The number of esters is 1. The van der Waals surface area contributed by atoms with E-state index in [-0.39, 0.29) is 5.97 Å². The first-order valence-corrected chi connectivity index (χ1v) is 4.24. The van der Waals surface area contributed by atoms with E-state index in [1.54, 1.807) is 0 Å². The molecule has 0 radical (unpaired) electrons. The van der Waals surface area contributed by atoms with E-state index in [2.05, 4.69) is 6.08 Å². The quantitative estimate of drug-likeness (QED) is 0.482. The molecule has 0 atom stereocenters. The Bertz CT molecular complexity index is 378. The summed E-state index contributed by atoms with van der Waals surface area (Å²) >= 11 is 0. The predicted octanol–water partition coefficient (Wildman–Crippen LogP) is 2.18. The summed E-state index contributed by atoms with van der Waals surface area (Å²) < 4.78 is 5.08. The third-order valence-electron chi connectivity index (χ3n) is 2.04. The number of allylic oxidation sites excluding steroid dienone is 1. The number of benzene rings is 1. The Labute approximate surface area is 76.8 Å². The van der Waals surface area contributed by atoms with Gasteiger partial charge >= 0.3 is 5.97 Å². The summed E-state index contributed by atoms with van der Waals surface area (Å²) in [5.74, 6) is 0.426. The second-order valence-corrected chi connectivity index (χ2v) is 3.02. The zero-order chi connectivity index (χ0) is 9.26. The Morgan fingerprint density at radius 1 is 1.46 bits per heavy atom. The fourth-order valence-electron chi connectivity index (χ4n) is 1.51. The van der Waals surface area contributed by atoms with E-state index in [1.165, 1.54) is 6.92 Å². The smallest absolute Gasteiger partial charge is 0.308 e. The van der Waals surface area contributed by atoms with Crippen LogP contribution in [0.5, 0.6) is 5.75 Å². The van der Waals surface area contributed by atoms with Gasteiger partial charge in [0.15, 0.2) is 0 Å². The third-order valence-corrected chi connectivity index (χ3v) is 2.04. The average molecular weight is 174 g/mol. The predicted molar refractivity (Wildman–Crippen MR) is 50.5 cm³/mol. The van der Waals surface area contributed by atoms with Crippen LogP contribution in [0.2, 0.25) is 0 Å². The van der Waals surface area contributed by atoms with Crippen molar-refractivity contribution in [2.45, 2.75) is 13.3 Å². The van der Waals surface area contributed by atoms with Crippen LogP contribution >= 0.6 is 0 Å². The van der Waals surface area contributed by atoms with Crippen molar-refractivity contribution in [2.75, 3.05) is 0 Å². The van der Waals surface area contributed by atoms with Gasteiger partial charge < -0.3 is 4.74 Å². The molecule has 1 aromatic carbocycles. The van der Waals surface area contributed by atoms with E-state index < -0.39 is 0 Å². The fraction of sp³-hybridized carbons (Fsp3) is 0.182. The van der Waals surface area contributed by atoms with Crippen LogP contribution < -0.4 is 4.74 Å². The Morgan fingerprint density at radius 2 is 2.31 bits per heavy atom. The van der Waals surface area contributed by atoms with Crippen LogP contribution in [0.15, 0.2) is 24.3 Å². The van der Waals surface area contributed by atoms with Gasteiger partial charge in [0.25, 0.3) is 0 Å². The molecular formula is C11H10O2. The van der Waals surface area contributed by atoms with Crippen molar-refractivity contribution in [3.63, 3.8) is 0 Å². The molecule has 1 aliphatic rings. The molecule has 0 heterocycles. The lowest BCUT2D eigenvalue weighted by atomic mass is 10.1. The first-order chi connectivity index (χ1) is 6.27. The molecule has 0 aliphatic heterocycles. The standard InChI is InChI=1S/C11H10O2/c1-8(12)13-11-7-3-5-9-4-2-6-10(9)11/h2-5,7H,6H2,1H3. The highest BCUT2D eigenvalue weighted by Gasteiger charge is 2.11. The van der Waals surface area contributed by atoms with Crippen molar-refractivity contribution in [2.24, 2.45) is 0 Å². The molecule has 0 aromatic heterocycles. The SMILES string of the molecule is CC(=O)Oc1cccc2c1CC=C2. The topological polar surface area (TPSA) is 26.3 Å². The molecule has 66 valence electrons. The summed E-state index contributed by atoms with van der Waals surface area (Å²) in [6, 6.07) is 5.74. The van der Waals surface area contributed by atoms with Crippen LogP contribution in [-0.4, -0.2) is 5.97 Å². The highest BCUT2D eigenvalue weighted by Crippen LogP contribution is 2.28. The summed E-state index contributed by atoms with van der Waals surface area (Å²) in [5.41, 5.74) is 2.26. The Kier molecular flexibility index (Phi) is 1.89. The fourth-order valence-corrected chi connectivity index (χ4v) is 1.51. The number of rotatable bonds is 1. The van der Waals surface area contributed by atoms with E-state index in [4.69, 9.17) is 4.74 Å². The van der Waals surface area contributed by atoms with Gasteiger partial charge in [-0.1, -0.05) is 24.3 Å². The van der Waals surface area contributed by atoms with Crippen LogP contribution in [0, 0.1) is 0 Å². The second kappa shape index (κ2) is 3.05. The minimum Gasteiger partial charge on any atom is -0.426 e. The highest BCUT2D eigenvalue weighted by molar-refractivity contribution is 5.72. The van der Waals surface area contributed by atoms with Gasteiger partial charge in [-0.25, -0.2) is 0 Å². The van der Waals surface area contributed by atoms with Crippen molar-refractivity contribution in [1.29, 1.82) is 0 Å². The first-order valence-electron chi connectivity index (χ1n) is 4.24. The maximum absolute atomic E-state index is 10.8. The summed E-state index contributed by atoms with van der Waals surface area (Å²) in [5, 5.41) is 0. The normalized spacial score (nSPS) is 12.7. The highest BCUT2D eigenvalue weighted by atomic mass is 16.5. The van der Waals surface area contributed by atoms with Gasteiger partial charge in [0.05, 0.1) is 0 Å². The number of fused-ring (bicyclic) bond motifs is 1. The minimum atomic E-state index is -0.264. The summed E-state index contributed by atoms with van der Waals surface area (Å²) in [7, 11) is 0. The molecular weight excluding hydrogens is 164 g/mol. The molecule has 0 N–H and O–H groups in total. The maximum Gasteiger partial charge on any atom is 0.308 e. The van der Waals surface area contributed by atoms with Crippen molar-refractivity contribution in [3.8, 4) is 5.75 Å². The van der Waals surface area contributed by atoms with E-state index in [9.17, 15) is 4.79 Å². The van der Waals surface area contributed by atoms with Crippen molar-refractivity contribution < 1.29 is 9.53 Å². The van der Waals surface area contributed by atoms with E-state index >= 15 is 0 Å². The van der Waals surface area contributed by atoms with Gasteiger partial charge in [0.1, 0.15) is 5.75 Å². The first kappa shape index (κ1) is 8.05. The van der Waals surface area contributed by atoms with Gasteiger partial charge in [0, 0.05) is 12.5 Å². The molecule has 2 nitrogen and oxygen atoms in total. The largest absolute Gasteiger partial charge is 0.426 e. The molecule has 0 amide bonds. The van der Waals surface area contributed by atoms with Gasteiger partial charge in [0.2, 0.25) is 0 Å². The zero-order valence-corrected chi connectivity index (χ0v) is 7.41. The molecule has 0 saturated carbocycles. The van der Waals surface area contributed by atoms with Crippen LogP contribution in [0.4, 0.5) is 0 Å². The Hall–Kier alpha value is -1.57. The van der Waals surface area contributed by atoms with E-state index in [1.807, 2.05) is 24.3 Å². The lowest BCUT2D eigenvalue weighted by Gasteiger charge is -2.06. The average Bonchev–Trinajstić information content (AvgIpc) is 2.51. The molecule has 2 heteroatoms. The molecule has 2 rings (SSSR count). The number of ether oxygens (including phenoxy) is 1. The molecule has 0 unspecified atom stereocenters. The summed E-state index contributed by atoms with van der Waals surface area (Å²) in [6.07, 6.45) is 4.97. The minimum absolute atomic E-state index is 0.264. The summed E-state index contributed by atoms with van der Waals surface area (Å²) in [4.78, 5) is 10.8. The Balaban J connectivity index is 2.38. The number of carbonyl (C=O) groups excluding carboxylic acids is 1. The summed E-state index contributed by atoms with van der Waals surface area (Å²) in [6.45, 7) is 1.42. The molecule has 1 aromatic rings. The van der Waals surface area contributed by atoms with Crippen molar-refractivity contribution in [3.05, 3.63) is 35.4 Å². The maximum atomic E-state index is 10.8. The zero-order valence-electron chi connectivity index (χ0n) is 7.41. The molecule has 0 fully saturated rings. The number of hydrogen-bond donors (Lipinski definition) is 0. The molecule has 0 spiro atoms. The van der Waals surface area contributed by atoms with E-state index in [0.717, 1.165) is 17.5 Å². The lowest BCUT2D eigenvalue weighted by Crippen LogP contribution is -2.03. The second-order valence-electron chi connectivity index (χ2n) is 3.02. The van der Waals surface area contributed by atoms with Crippen molar-refractivity contribution >= 4 is 12.0 Å². The van der Waals surface area contributed by atoms with Crippen LogP contribution in [0.25, 0.3) is 6.08 Å². The van der Waals surface area contributed by atoms with Gasteiger partial charge in [-0.2, -0.15) is 0 Å². The molecule has 0 saturated heterocycles. The molecule has 0 bridgehead atoms. The molecule has 13 heavy (non-hydrogen) atoms. The molecule has 1 aliphatic carbocycles.